The first-order chi connectivity index (χ1) is 20.4. The molecule has 2 aromatic rings. The van der Waals surface area contributed by atoms with E-state index in [0.29, 0.717) is 0 Å². The van der Waals surface area contributed by atoms with Crippen LogP contribution in [0, 0.1) is 0 Å². The monoisotopic (exact) mass is 808 g/mol. The van der Waals surface area contributed by atoms with Gasteiger partial charge in [-0.2, -0.15) is 0 Å². The molecule has 234 valence electrons. The average Bonchev–Trinajstić information content (AvgIpc) is 3.76. The average molecular weight is 810 g/mol. The molecule has 4 aliphatic rings. The molecule has 44 heavy (non-hydrogen) atoms. The van der Waals surface area contributed by atoms with Crippen LogP contribution in [0.4, 0.5) is 9.59 Å². The van der Waals surface area contributed by atoms with Gasteiger partial charge in [0, 0.05) is 0 Å². The van der Waals surface area contributed by atoms with Crippen molar-refractivity contribution in [2.24, 2.45) is 0 Å². The molecule has 2 N–H and O–H groups in total. The molecule has 0 bridgehead atoms. The molecule has 2 saturated heterocycles. The summed E-state index contributed by atoms with van der Waals surface area (Å²) in [5, 5.41) is 0. The first kappa shape index (κ1) is 34.0. The topological polar surface area (TPSA) is 64.7 Å². The summed E-state index contributed by atoms with van der Waals surface area (Å²) >= 11 is -4.44. The van der Waals surface area contributed by atoms with Gasteiger partial charge in [0.2, 0.25) is 0 Å². The van der Waals surface area contributed by atoms with Gasteiger partial charge in [-0.05, 0) is 0 Å². The van der Waals surface area contributed by atoms with Gasteiger partial charge in [-0.3, -0.25) is 0 Å². The standard InChI is InChI=1S/2C13H14N.2C4H11NOSi.In.Zr.3H/c2*1-2-6-12-11(5-1)7-8-13(12)14-9-3-4-10-14;2*1-7(2,3)4(5)6;;;;;/h2*1-2,5-8H,3-4,9-10H2;2*1-3H3,(H2,5,6);;;;;/q;;;;;+2;;;/p-2. The third-order valence-corrected chi connectivity index (χ3v) is 24.2. The van der Waals surface area contributed by atoms with Crippen molar-refractivity contribution < 1.29 is 30.4 Å². The summed E-state index contributed by atoms with van der Waals surface area (Å²) in [5.41, 5.74) is 8.00. The molecule has 2 aliphatic heterocycles. The molecule has 0 aromatic heterocycles. The van der Waals surface area contributed by atoms with Crippen LogP contribution in [-0.4, -0.2) is 89.0 Å². The van der Waals surface area contributed by atoms with E-state index in [2.05, 4.69) is 116 Å². The van der Waals surface area contributed by atoms with Gasteiger partial charge in [-0.15, -0.1) is 0 Å². The first-order valence-electron chi connectivity index (χ1n) is 16.2. The van der Waals surface area contributed by atoms with Crippen molar-refractivity contribution in [1.29, 1.82) is 0 Å². The predicted octanol–water partition coefficient (Wildman–Crippen LogP) is 6.43. The Labute approximate surface area is 290 Å². The maximum absolute atomic E-state index is 14.3. The number of benzene rings is 2. The maximum atomic E-state index is 14.3. The number of amides is 2. The van der Waals surface area contributed by atoms with Crippen LogP contribution in [0.5, 0.6) is 0 Å². The molecular weight excluding hydrogens is 759 g/mol. The zero-order valence-electron chi connectivity index (χ0n) is 26.8. The minimum absolute atomic E-state index is 0. The molecule has 0 spiro atoms. The Morgan fingerprint density at radius 1 is 0.636 bits per heavy atom. The molecule has 0 saturated carbocycles. The second-order valence-electron chi connectivity index (χ2n) is 14.9. The van der Waals surface area contributed by atoms with Crippen molar-refractivity contribution in [3.05, 3.63) is 82.9 Å². The zero-order valence-corrected chi connectivity index (χ0v) is 31.3. The molecule has 2 aromatic carbocycles. The molecular formula is C34H51InN4O2Si2Zr. The number of nitrogens with zero attached hydrogens (tertiary/aromatic N) is 2. The first-order valence-corrected chi connectivity index (χ1v) is 28.5. The summed E-state index contributed by atoms with van der Waals surface area (Å²) in [6, 6.07) is 17.6. The quantitative estimate of drug-likeness (QED) is 0.302. The van der Waals surface area contributed by atoms with Gasteiger partial charge in [0.05, 0.1) is 0 Å². The van der Waals surface area contributed by atoms with E-state index >= 15 is 0 Å². The van der Waals surface area contributed by atoms with E-state index in [1.165, 1.54) is 59.3 Å². The van der Waals surface area contributed by atoms with Gasteiger partial charge in [0.25, 0.3) is 0 Å². The minimum atomic E-state index is -4.44. The summed E-state index contributed by atoms with van der Waals surface area (Å²) in [7, 11) is -4.47. The molecule has 6 rings (SSSR count). The van der Waals surface area contributed by atoms with Gasteiger partial charge in [0.1, 0.15) is 0 Å². The Morgan fingerprint density at radius 3 is 1.32 bits per heavy atom. The molecule has 6 nitrogen and oxygen atoms in total. The normalized spacial score (nSPS) is 21.3. The van der Waals surface area contributed by atoms with Crippen LogP contribution in [0.15, 0.2) is 60.7 Å². The number of carbonyl (C=O) groups is 2. The van der Waals surface area contributed by atoms with Crippen molar-refractivity contribution >= 4 is 64.4 Å². The Balaban J connectivity index is 0.00000384. The van der Waals surface area contributed by atoms with Gasteiger partial charge in [-0.1, -0.05) is 0 Å². The molecule has 2 aliphatic carbocycles. The van der Waals surface area contributed by atoms with Crippen molar-refractivity contribution in [1.82, 2.24) is 16.3 Å². The Kier molecular flexibility index (Phi) is 10.1. The third kappa shape index (κ3) is 6.31. The van der Waals surface area contributed by atoms with Crippen LogP contribution in [0.25, 0.3) is 11.4 Å². The Hall–Kier alpha value is -1.35. The number of hydrogen-bond donors (Lipinski definition) is 2. The fraction of sp³-hybridized carbons (Fsp3) is 0.471. The van der Waals surface area contributed by atoms with Gasteiger partial charge in [-0.25, -0.2) is 0 Å². The number of allylic oxidation sites excluding steroid dienone is 2. The van der Waals surface area contributed by atoms with E-state index in [-0.39, 0.29) is 44.2 Å². The number of rotatable bonds is 8. The molecule has 2 atom stereocenters. The van der Waals surface area contributed by atoms with E-state index in [1.807, 2.05) is 0 Å². The Morgan fingerprint density at radius 2 is 0.977 bits per heavy atom. The SMILES string of the molecule is C[Si](C)(C)C(=O)[NH][Zr]([NH]C(=O)[Si](C)(C)C)([CH]1C=C(N2CCCC2)c2ccccc21)[CH]1C=C(N2CCCC2)c2ccccc21.[InH3]. The van der Waals surface area contributed by atoms with E-state index in [0.717, 1.165) is 26.2 Å². The van der Waals surface area contributed by atoms with Gasteiger partial charge >= 0.3 is 293 Å². The van der Waals surface area contributed by atoms with E-state index < -0.39 is 37.0 Å². The second-order valence-corrected chi connectivity index (χ2v) is 33.4. The molecule has 2 heterocycles. The summed E-state index contributed by atoms with van der Waals surface area (Å²) in [5.74, 6) is 0. The van der Waals surface area contributed by atoms with E-state index in [4.69, 9.17) is 0 Å². The van der Waals surface area contributed by atoms with E-state index in [9.17, 15) is 9.59 Å². The number of nitrogens with one attached hydrogen (secondary N) is 2. The molecule has 2 fully saturated rings. The fourth-order valence-corrected chi connectivity index (χ4v) is 26.1. The van der Waals surface area contributed by atoms with Crippen molar-refractivity contribution in [2.75, 3.05) is 26.2 Å². The molecule has 2 unspecified atom stereocenters. The van der Waals surface area contributed by atoms with Crippen LogP contribution in [0.1, 0.15) is 55.2 Å². The van der Waals surface area contributed by atoms with Gasteiger partial charge in [0.15, 0.2) is 0 Å². The number of hydrogen-bond acceptors (Lipinski definition) is 4. The summed E-state index contributed by atoms with van der Waals surface area (Å²) < 4.78 is 7.68. The predicted molar refractivity (Wildman–Crippen MR) is 190 cm³/mol. The van der Waals surface area contributed by atoms with Gasteiger partial charge < -0.3 is 0 Å². The van der Waals surface area contributed by atoms with Crippen molar-refractivity contribution in [3.63, 3.8) is 0 Å². The van der Waals surface area contributed by atoms with Crippen LogP contribution in [0.2, 0.25) is 39.3 Å². The summed E-state index contributed by atoms with van der Waals surface area (Å²) in [6.45, 7) is 17.0. The van der Waals surface area contributed by atoms with E-state index in [1.54, 1.807) is 0 Å². The number of fused-ring (bicyclic) bond motifs is 2. The number of likely N-dealkylation sites (tertiary alicyclic amines) is 2. The molecule has 0 radical (unpaired) electrons. The van der Waals surface area contributed by atoms with Crippen LogP contribution >= 0.6 is 0 Å². The second kappa shape index (κ2) is 13.0. The number of carbonyl (C=O) groups excluding carboxylic acids is 2. The molecule has 10 heteroatoms. The van der Waals surface area contributed by atoms with Crippen molar-refractivity contribution in [2.45, 2.75) is 72.2 Å². The zero-order chi connectivity index (χ0) is 30.6. The summed E-state index contributed by atoms with van der Waals surface area (Å²) in [4.78, 5) is 33.7. The summed E-state index contributed by atoms with van der Waals surface area (Å²) in [6.07, 6.45) is 9.74. The van der Waals surface area contributed by atoms with Crippen molar-refractivity contribution in [3.8, 4) is 0 Å². The third-order valence-electron chi connectivity index (χ3n) is 9.67. The molecule has 2 amide bonds. The van der Waals surface area contributed by atoms with Crippen LogP contribution in [0.3, 0.4) is 0 Å². The van der Waals surface area contributed by atoms with Crippen LogP contribution < -0.4 is 6.52 Å². The Bertz CT molecular complexity index is 1380. The van der Waals surface area contributed by atoms with Crippen LogP contribution in [-0.2, 0) is 20.8 Å². The fourth-order valence-electron chi connectivity index (χ4n) is 7.19.